The Hall–Kier alpha value is -0.180. The first-order chi connectivity index (χ1) is 6.92. The number of nitrogens with zero attached hydrogens (tertiary/aromatic N) is 1. The fourth-order valence-electron chi connectivity index (χ4n) is 0.951. The van der Waals surface area contributed by atoms with Crippen LogP contribution in [0.15, 0.2) is 24.3 Å². The molecule has 4 nitrogen and oxygen atoms in total. The molecule has 15 heavy (non-hydrogen) atoms. The van der Waals surface area contributed by atoms with Crippen LogP contribution in [0.5, 0.6) is 0 Å². The first kappa shape index (κ1) is 12.9. The van der Waals surface area contributed by atoms with Crippen LogP contribution in [0.1, 0.15) is 5.56 Å². The summed E-state index contributed by atoms with van der Waals surface area (Å²) in [6, 6.07) is 7.70. The van der Waals surface area contributed by atoms with Crippen LogP contribution in [0.4, 0.5) is 0 Å². The van der Waals surface area contributed by atoms with E-state index in [9.17, 15) is 8.42 Å². The van der Waals surface area contributed by atoms with E-state index in [4.69, 9.17) is 0 Å². The first-order valence-corrected chi connectivity index (χ1v) is 6.85. The maximum Gasteiger partial charge on any atom is 0.279 e. The fraction of sp³-hybridized carbons (Fsp3) is 0.333. The SMILES string of the molecule is CN(C)S(=O)(=O)NCc1cccc(I)c1. The molecule has 0 heterocycles. The standard InChI is InChI=1S/C9H13IN2O2S/c1-12(2)15(13,14)11-7-8-4-3-5-9(10)6-8/h3-6,11H,7H2,1-2H3. The quantitative estimate of drug-likeness (QED) is 0.837. The van der Waals surface area contributed by atoms with Gasteiger partial charge in [0.2, 0.25) is 0 Å². The van der Waals surface area contributed by atoms with E-state index in [0.717, 1.165) is 13.4 Å². The van der Waals surface area contributed by atoms with Crippen LogP contribution in [0.2, 0.25) is 0 Å². The van der Waals surface area contributed by atoms with Crippen molar-refractivity contribution in [1.82, 2.24) is 9.03 Å². The van der Waals surface area contributed by atoms with Gasteiger partial charge in [0.15, 0.2) is 0 Å². The lowest BCUT2D eigenvalue weighted by atomic mass is 10.2. The van der Waals surface area contributed by atoms with Crippen molar-refractivity contribution in [3.05, 3.63) is 33.4 Å². The molecule has 0 aliphatic carbocycles. The zero-order chi connectivity index (χ0) is 11.5. The molecule has 1 aromatic rings. The van der Waals surface area contributed by atoms with E-state index in [2.05, 4.69) is 27.3 Å². The second kappa shape index (κ2) is 5.24. The van der Waals surface area contributed by atoms with Crippen LogP contribution in [-0.4, -0.2) is 26.8 Å². The minimum absolute atomic E-state index is 0.317. The van der Waals surface area contributed by atoms with Gasteiger partial charge in [0.05, 0.1) is 0 Å². The molecule has 1 rings (SSSR count). The van der Waals surface area contributed by atoms with Gasteiger partial charge >= 0.3 is 0 Å². The van der Waals surface area contributed by atoms with Crippen molar-refractivity contribution in [2.24, 2.45) is 0 Å². The molecule has 0 aliphatic rings. The molecule has 0 aliphatic heterocycles. The summed E-state index contributed by atoms with van der Waals surface area (Å²) in [5.74, 6) is 0. The van der Waals surface area contributed by atoms with E-state index in [-0.39, 0.29) is 0 Å². The third-order valence-corrected chi connectivity index (χ3v) is 3.97. The normalized spacial score (nSPS) is 12.0. The Morgan fingerprint density at radius 3 is 2.60 bits per heavy atom. The van der Waals surface area contributed by atoms with Crippen LogP contribution in [0, 0.1) is 3.57 Å². The Bertz CT molecular complexity index is 431. The summed E-state index contributed by atoms with van der Waals surface area (Å²) in [6.07, 6.45) is 0. The second-order valence-corrected chi connectivity index (χ2v) is 6.45. The minimum atomic E-state index is -3.33. The third-order valence-electron chi connectivity index (χ3n) is 1.83. The molecule has 0 saturated heterocycles. The number of hydrogen-bond acceptors (Lipinski definition) is 2. The molecule has 0 bridgehead atoms. The molecule has 0 unspecified atom stereocenters. The second-order valence-electron chi connectivity index (χ2n) is 3.24. The molecule has 0 saturated carbocycles. The van der Waals surface area contributed by atoms with Gasteiger partial charge in [-0.05, 0) is 40.3 Å². The smallest absolute Gasteiger partial charge is 0.198 e. The van der Waals surface area contributed by atoms with Crippen LogP contribution in [0.25, 0.3) is 0 Å². The summed E-state index contributed by atoms with van der Waals surface area (Å²) in [7, 11) is -0.334. The Kier molecular flexibility index (Phi) is 4.50. The number of rotatable bonds is 4. The Morgan fingerprint density at radius 1 is 1.40 bits per heavy atom. The predicted molar refractivity (Wildman–Crippen MR) is 68.6 cm³/mol. The molecule has 6 heteroatoms. The number of hydrogen-bond donors (Lipinski definition) is 1. The minimum Gasteiger partial charge on any atom is -0.198 e. The summed E-state index contributed by atoms with van der Waals surface area (Å²) >= 11 is 2.19. The zero-order valence-electron chi connectivity index (χ0n) is 8.57. The van der Waals surface area contributed by atoms with Crippen LogP contribution in [0.3, 0.4) is 0 Å². The van der Waals surface area contributed by atoms with Gasteiger partial charge < -0.3 is 0 Å². The summed E-state index contributed by atoms with van der Waals surface area (Å²) in [4.78, 5) is 0. The van der Waals surface area contributed by atoms with Gasteiger partial charge in [-0.1, -0.05) is 12.1 Å². The average molecular weight is 340 g/mol. The molecule has 1 aromatic carbocycles. The van der Waals surface area contributed by atoms with Gasteiger partial charge in [-0.15, -0.1) is 0 Å². The van der Waals surface area contributed by atoms with E-state index in [1.807, 2.05) is 24.3 Å². The zero-order valence-corrected chi connectivity index (χ0v) is 11.5. The van der Waals surface area contributed by atoms with Crippen molar-refractivity contribution >= 4 is 32.8 Å². The molecule has 0 amide bonds. The van der Waals surface area contributed by atoms with E-state index < -0.39 is 10.2 Å². The molecular weight excluding hydrogens is 327 g/mol. The van der Waals surface area contributed by atoms with E-state index in [0.29, 0.717) is 6.54 Å². The number of benzene rings is 1. The summed E-state index contributed by atoms with van der Waals surface area (Å²) < 4.78 is 27.5. The van der Waals surface area contributed by atoms with Crippen molar-refractivity contribution in [2.75, 3.05) is 14.1 Å². The maximum atomic E-state index is 11.4. The van der Waals surface area contributed by atoms with Gasteiger partial charge in [0, 0.05) is 24.2 Å². The van der Waals surface area contributed by atoms with Crippen molar-refractivity contribution in [2.45, 2.75) is 6.54 Å². The lowest BCUT2D eigenvalue weighted by Crippen LogP contribution is -2.35. The van der Waals surface area contributed by atoms with Crippen molar-refractivity contribution in [1.29, 1.82) is 0 Å². The summed E-state index contributed by atoms with van der Waals surface area (Å²) in [5, 5.41) is 0. The lowest BCUT2D eigenvalue weighted by Gasteiger charge is -2.12. The first-order valence-electron chi connectivity index (χ1n) is 4.33. The highest BCUT2D eigenvalue weighted by molar-refractivity contribution is 14.1. The molecular formula is C9H13IN2O2S. The number of nitrogens with one attached hydrogen (secondary N) is 1. The molecule has 1 N–H and O–H groups in total. The summed E-state index contributed by atoms with van der Waals surface area (Å²) in [6.45, 7) is 0.317. The predicted octanol–water partition coefficient (Wildman–Crippen LogP) is 1.19. The van der Waals surface area contributed by atoms with Crippen LogP contribution >= 0.6 is 22.6 Å². The maximum absolute atomic E-state index is 11.4. The molecule has 0 atom stereocenters. The Labute approximate surface area is 104 Å². The fourth-order valence-corrected chi connectivity index (χ4v) is 2.17. The molecule has 0 radical (unpaired) electrons. The van der Waals surface area contributed by atoms with Crippen molar-refractivity contribution < 1.29 is 8.42 Å². The molecule has 84 valence electrons. The van der Waals surface area contributed by atoms with Gasteiger partial charge in [0.25, 0.3) is 10.2 Å². The highest BCUT2D eigenvalue weighted by atomic mass is 127. The highest BCUT2D eigenvalue weighted by Crippen LogP contribution is 2.07. The van der Waals surface area contributed by atoms with Gasteiger partial charge in [0.1, 0.15) is 0 Å². The van der Waals surface area contributed by atoms with Crippen LogP contribution < -0.4 is 4.72 Å². The van der Waals surface area contributed by atoms with E-state index in [1.54, 1.807) is 0 Å². The average Bonchev–Trinajstić information content (AvgIpc) is 2.15. The molecule has 0 fully saturated rings. The number of halogens is 1. The Morgan fingerprint density at radius 2 is 2.07 bits per heavy atom. The van der Waals surface area contributed by atoms with Crippen molar-refractivity contribution in [3.8, 4) is 0 Å². The van der Waals surface area contributed by atoms with Gasteiger partial charge in [-0.25, -0.2) is 0 Å². The lowest BCUT2D eigenvalue weighted by molar-refractivity contribution is 0.505. The Balaban J connectivity index is 2.66. The third kappa shape index (κ3) is 4.06. The summed E-state index contributed by atoms with van der Waals surface area (Å²) in [5.41, 5.74) is 0.951. The largest absolute Gasteiger partial charge is 0.279 e. The van der Waals surface area contributed by atoms with Gasteiger partial charge in [-0.2, -0.15) is 17.4 Å². The van der Waals surface area contributed by atoms with E-state index in [1.165, 1.54) is 14.1 Å². The molecule has 0 aromatic heterocycles. The monoisotopic (exact) mass is 340 g/mol. The molecule has 0 spiro atoms. The van der Waals surface area contributed by atoms with Gasteiger partial charge in [-0.3, -0.25) is 0 Å². The van der Waals surface area contributed by atoms with Crippen molar-refractivity contribution in [3.63, 3.8) is 0 Å². The van der Waals surface area contributed by atoms with Crippen LogP contribution in [-0.2, 0) is 16.8 Å². The highest BCUT2D eigenvalue weighted by Gasteiger charge is 2.11. The topological polar surface area (TPSA) is 49.4 Å². The van der Waals surface area contributed by atoms with E-state index >= 15 is 0 Å².